The van der Waals surface area contributed by atoms with Gasteiger partial charge in [-0.1, -0.05) is 12.1 Å². The molecule has 0 amide bonds. The number of esters is 1. The molecule has 0 fully saturated rings. The van der Waals surface area contributed by atoms with Crippen LogP contribution in [0, 0.1) is 0 Å². The molecule has 0 aliphatic rings. The Bertz CT molecular complexity index is 475. The summed E-state index contributed by atoms with van der Waals surface area (Å²) in [6, 6.07) is 5.17. The Morgan fingerprint density at radius 2 is 1.86 bits per heavy atom. The number of alkyl halides is 3. The van der Waals surface area contributed by atoms with Crippen LogP contribution in [-0.4, -0.2) is 36.7 Å². The maximum atomic E-state index is 12.0. The van der Waals surface area contributed by atoms with Gasteiger partial charge in [-0.2, -0.15) is 0 Å². The molecule has 2 N–H and O–H groups in total. The molecule has 21 heavy (non-hydrogen) atoms. The first-order chi connectivity index (χ1) is 9.70. The van der Waals surface area contributed by atoms with Crippen molar-refractivity contribution < 1.29 is 32.5 Å². The van der Waals surface area contributed by atoms with Gasteiger partial charge in [-0.3, -0.25) is 5.32 Å². The number of benzene rings is 1. The summed E-state index contributed by atoms with van der Waals surface area (Å²) in [5.74, 6) is -0.967. The Hall–Kier alpha value is -1.80. The first kappa shape index (κ1) is 17.3. The largest absolute Gasteiger partial charge is 0.573 e. The zero-order chi connectivity index (χ0) is 16.1. The average Bonchev–Trinajstić information content (AvgIpc) is 2.43. The zero-order valence-corrected chi connectivity index (χ0v) is 11.5. The Kier molecular flexibility index (Phi) is 5.56. The molecule has 0 radical (unpaired) electrons. The third-order valence-electron chi connectivity index (χ3n) is 2.79. The molecule has 0 bridgehead atoms. The monoisotopic (exact) mass is 307 g/mol. The molecule has 118 valence electrons. The van der Waals surface area contributed by atoms with Crippen molar-refractivity contribution >= 4 is 5.97 Å². The van der Waals surface area contributed by atoms with Crippen LogP contribution in [0.2, 0.25) is 0 Å². The molecule has 0 aliphatic carbocycles. The van der Waals surface area contributed by atoms with Crippen LogP contribution in [0.4, 0.5) is 13.2 Å². The zero-order valence-electron chi connectivity index (χ0n) is 11.5. The second-order valence-corrected chi connectivity index (χ2v) is 4.53. The Morgan fingerprint density at radius 3 is 2.29 bits per heavy atom. The van der Waals surface area contributed by atoms with Crippen molar-refractivity contribution in [3.63, 3.8) is 0 Å². The fourth-order valence-electron chi connectivity index (χ4n) is 1.52. The molecule has 0 aliphatic heterocycles. The van der Waals surface area contributed by atoms with Gasteiger partial charge < -0.3 is 14.6 Å². The minimum absolute atomic E-state index is 0.165. The third-order valence-corrected chi connectivity index (χ3v) is 2.79. The highest BCUT2D eigenvalue weighted by molar-refractivity contribution is 5.80. The first-order valence-electron chi connectivity index (χ1n) is 5.99. The van der Waals surface area contributed by atoms with E-state index in [0.717, 1.165) is 0 Å². The summed E-state index contributed by atoms with van der Waals surface area (Å²) >= 11 is 0. The van der Waals surface area contributed by atoms with Gasteiger partial charge >= 0.3 is 12.3 Å². The molecule has 1 atom stereocenters. The number of hydrogen-bond acceptors (Lipinski definition) is 5. The molecule has 0 aromatic heterocycles. The molecule has 1 rings (SSSR count). The number of methoxy groups -OCH3 is 1. The molecule has 1 aromatic carbocycles. The SMILES string of the molecule is COC(=O)C(C)(CO)NCc1ccc(OC(F)(F)F)cc1. The van der Waals surface area contributed by atoms with Crippen molar-refractivity contribution in [1.82, 2.24) is 5.32 Å². The summed E-state index contributed by atoms with van der Waals surface area (Å²) < 4.78 is 44.3. The lowest BCUT2D eigenvalue weighted by molar-refractivity contribution is -0.274. The minimum Gasteiger partial charge on any atom is -0.468 e. The Balaban J connectivity index is 2.66. The summed E-state index contributed by atoms with van der Waals surface area (Å²) in [7, 11) is 1.20. The second-order valence-electron chi connectivity index (χ2n) is 4.53. The maximum Gasteiger partial charge on any atom is 0.573 e. The number of carbonyl (C=O) groups excluding carboxylic acids is 1. The molecule has 8 heteroatoms. The van der Waals surface area contributed by atoms with E-state index >= 15 is 0 Å². The maximum absolute atomic E-state index is 12.0. The van der Waals surface area contributed by atoms with Gasteiger partial charge in [0.15, 0.2) is 0 Å². The number of rotatable bonds is 6. The van der Waals surface area contributed by atoms with E-state index in [1.807, 2.05) is 0 Å². The van der Waals surface area contributed by atoms with Crippen LogP contribution in [0.1, 0.15) is 12.5 Å². The molecule has 0 saturated heterocycles. The van der Waals surface area contributed by atoms with Crippen molar-refractivity contribution in [1.29, 1.82) is 0 Å². The van der Waals surface area contributed by atoms with Gasteiger partial charge in [0.05, 0.1) is 13.7 Å². The van der Waals surface area contributed by atoms with Crippen molar-refractivity contribution in [3.8, 4) is 5.75 Å². The molecule has 0 heterocycles. The van der Waals surface area contributed by atoms with Gasteiger partial charge in [-0.15, -0.1) is 13.2 Å². The fourth-order valence-corrected chi connectivity index (χ4v) is 1.52. The van der Waals surface area contributed by atoms with Crippen molar-refractivity contribution in [3.05, 3.63) is 29.8 Å². The van der Waals surface area contributed by atoms with E-state index < -0.39 is 24.5 Å². The first-order valence-corrected chi connectivity index (χ1v) is 5.99. The van der Waals surface area contributed by atoms with E-state index in [4.69, 9.17) is 0 Å². The van der Waals surface area contributed by atoms with E-state index in [-0.39, 0.29) is 12.3 Å². The lowest BCUT2D eigenvalue weighted by atomic mass is 10.0. The predicted octanol–water partition coefficient (Wildman–Crippen LogP) is 1.60. The van der Waals surface area contributed by atoms with Crippen LogP contribution >= 0.6 is 0 Å². The van der Waals surface area contributed by atoms with Gasteiger partial charge in [0.2, 0.25) is 0 Å². The van der Waals surface area contributed by atoms with Gasteiger partial charge in [0, 0.05) is 6.54 Å². The second kappa shape index (κ2) is 6.77. The fraction of sp³-hybridized carbons (Fsp3) is 0.462. The van der Waals surface area contributed by atoms with Crippen LogP contribution in [-0.2, 0) is 16.1 Å². The van der Waals surface area contributed by atoms with Crippen LogP contribution in [0.25, 0.3) is 0 Å². The number of halogens is 3. The molecular weight excluding hydrogens is 291 g/mol. The number of aliphatic hydroxyl groups excluding tert-OH is 1. The Labute approximate surface area is 119 Å². The number of ether oxygens (including phenoxy) is 2. The lowest BCUT2D eigenvalue weighted by Crippen LogP contribution is -2.52. The molecule has 0 saturated carbocycles. The summed E-state index contributed by atoms with van der Waals surface area (Å²) in [6.07, 6.45) is -4.74. The minimum atomic E-state index is -4.74. The normalized spacial score (nSPS) is 14.4. The van der Waals surface area contributed by atoms with Crippen molar-refractivity contribution in [2.45, 2.75) is 25.4 Å². The molecule has 5 nitrogen and oxygen atoms in total. The quantitative estimate of drug-likeness (QED) is 0.781. The highest BCUT2D eigenvalue weighted by atomic mass is 19.4. The molecular formula is C13H16F3NO4. The molecule has 1 aromatic rings. The van der Waals surface area contributed by atoms with Crippen LogP contribution in [0.5, 0.6) is 5.75 Å². The van der Waals surface area contributed by atoms with Gasteiger partial charge in [0.25, 0.3) is 0 Å². The highest BCUT2D eigenvalue weighted by Gasteiger charge is 2.33. The topological polar surface area (TPSA) is 67.8 Å². The summed E-state index contributed by atoms with van der Waals surface area (Å²) in [4.78, 5) is 11.5. The van der Waals surface area contributed by atoms with E-state index in [2.05, 4.69) is 14.8 Å². The van der Waals surface area contributed by atoms with Crippen LogP contribution < -0.4 is 10.1 Å². The average molecular weight is 307 g/mol. The smallest absolute Gasteiger partial charge is 0.468 e. The Morgan fingerprint density at radius 1 is 1.29 bits per heavy atom. The van der Waals surface area contributed by atoms with Crippen molar-refractivity contribution in [2.75, 3.05) is 13.7 Å². The van der Waals surface area contributed by atoms with Crippen LogP contribution in [0.15, 0.2) is 24.3 Å². The predicted molar refractivity (Wildman–Crippen MR) is 67.5 cm³/mol. The van der Waals surface area contributed by atoms with Crippen molar-refractivity contribution in [2.24, 2.45) is 0 Å². The van der Waals surface area contributed by atoms with E-state index in [1.165, 1.54) is 38.3 Å². The number of aliphatic hydroxyl groups is 1. The molecule has 1 unspecified atom stereocenters. The highest BCUT2D eigenvalue weighted by Crippen LogP contribution is 2.22. The van der Waals surface area contributed by atoms with Gasteiger partial charge in [0.1, 0.15) is 11.3 Å². The van der Waals surface area contributed by atoms with E-state index in [0.29, 0.717) is 5.56 Å². The van der Waals surface area contributed by atoms with Crippen LogP contribution in [0.3, 0.4) is 0 Å². The lowest BCUT2D eigenvalue weighted by Gasteiger charge is -2.25. The number of nitrogens with one attached hydrogen (secondary N) is 1. The molecule has 0 spiro atoms. The standard InChI is InChI=1S/C13H16F3NO4/c1-12(8-18,11(19)20-2)17-7-9-3-5-10(6-4-9)21-13(14,15)16/h3-6,17-18H,7-8H2,1-2H3. The van der Waals surface area contributed by atoms with E-state index in [9.17, 15) is 23.1 Å². The summed E-state index contributed by atoms with van der Waals surface area (Å²) in [5, 5.41) is 12.0. The number of carbonyl (C=O) groups is 1. The van der Waals surface area contributed by atoms with Gasteiger partial charge in [-0.05, 0) is 24.6 Å². The summed E-state index contributed by atoms with van der Waals surface area (Å²) in [5.41, 5.74) is -0.663. The van der Waals surface area contributed by atoms with E-state index in [1.54, 1.807) is 0 Å². The summed E-state index contributed by atoms with van der Waals surface area (Å²) in [6.45, 7) is 1.15. The van der Waals surface area contributed by atoms with Gasteiger partial charge in [-0.25, -0.2) is 4.79 Å². The third kappa shape index (κ3) is 5.24. The number of hydrogen-bond donors (Lipinski definition) is 2.